The highest BCUT2D eigenvalue weighted by atomic mass is 16.5. The molecule has 0 atom stereocenters. The fraction of sp³-hybridized carbons (Fsp3) is 0.708. The van der Waals surface area contributed by atoms with Crippen molar-refractivity contribution >= 4 is 11.9 Å². The van der Waals surface area contributed by atoms with Gasteiger partial charge in [0.1, 0.15) is 17.5 Å². The van der Waals surface area contributed by atoms with Crippen LogP contribution < -0.4 is 4.74 Å². The predicted octanol–water partition coefficient (Wildman–Crippen LogP) is 2.45. The number of aromatic nitrogens is 1. The largest absolute Gasteiger partial charge is 0.487 e. The molecule has 4 aliphatic rings. The Kier molecular flexibility index (Phi) is 6.48. The van der Waals surface area contributed by atoms with E-state index >= 15 is 0 Å². The van der Waals surface area contributed by atoms with Crippen LogP contribution in [-0.4, -0.2) is 101 Å². The molecule has 5 rings (SSSR count). The van der Waals surface area contributed by atoms with Crippen LogP contribution >= 0.6 is 0 Å². The van der Waals surface area contributed by atoms with Gasteiger partial charge < -0.3 is 19.4 Å². The number of carbonyl (C=O) groups excluding carboxylic acids is 2. The molecule has 0 bridgehead atoms. The van der Waals surface area contributed by atoms with Crippen LogP contribution in [0.3, 0.4) is 0 Å². The molecule has 1 aromatic heterocycles. The van der Waals surface area contributed by atoms with Crippen molar-refractivity contribution in [2.45, 2.75) is 57.1 Å². The summed E-state index contributed by atoms with van der Waals surface area (Å²) in [7, 11) is 0. The quantitative estimate of drug-likeness (QED) is 0.718. The molecule has 1 saturated carbocycles. The molecule has 8 heteroatoms. The summed E-state index contributed by atoms with van der Waals surface area (Å²) in [5.74, 6) is 0.640. The summed E-state index contributed by atoms with van der Waals surface area (Å²) >= 11 is 0. The minimum absolute atomic E-state index is 0.0160. The van der Waals surface area contributed by atoms with Gasteiger partial charge in [-0.25, -0.2) is 4.79 Å². The van der Waals surface area contributed by atoms with Gasteiger partial charge in [0, 0.05) is 57.6 Å². The maximum absolute atomic E-state index is 12.9. The number of likely N-dealkylation sites (tertiary alicyclic amines) is 2. The zero-order chi connectivity index (χ0) is 21.9. The first-order chi connectivity index (χ1) is 15.7. The van der Waals surface area contributed by atoms with Crippen molar-refractivity contribution in [3.05, 3.63) is 24.0 Å². The first kappa shape index (κ1) is 21.5. The second-order valence-electron chi connectivity index (χ2n) is 9.62. The van der Waals surface area contributed by atoms with Crippen molar-refractivity contribution in [1.82, 2.24) is 24.6 Å². The van der Waals surface area contributed by atoms with Crippen molar-refractivity contribution in [2.24, 2.45) is 0 Å². The van der Waals surface area contributed by atoms with Crippen molar-refractivity contribution < 1.29 is 14.3 Å². The van der Waals surface area contributed by atoms with Crippen molar-refractivity contribution in [1.29, 1.82) is 0 Å². The van der Waals surface area contributed by atoms with Gasteiger partial charge in [-0.05, 0) is 44.6 Å². The molecule has 0 aromatic carbocycles. The van der Waals surface area contributed by atoms with Gasteiger partial charge in [0.15, 0.2) is 0 Å². The smallest absolute Gasteiger partial charge is 0.320 e. The van der Waals surface area contributed by atoms with Gasteiger partial charge in [-0.1, -0.05) is 6.42 Å². The summed E-state index contributed by atoms with van der Waals surface area (Å²) in [5, 5.41) is 0. The van der Waals surface area contributed by atoms with Gasteiger partial charge in [0.25, 0.3) is 5.91 Å². The van der Waals surface area contributed by atoms with Crippen LogP contribution in [0.1, 0.15) is 55.4 Å². The van der Waals surface area contributed by atoms with Gasteiger partial charge >= 0.3 is 6.03 Å². The molecule has 0 N–H and O–H groups in total. The Morgan fingerprint density at radius 2 is 1.62 bits per heavy atom. The van der Waals surface area contributed by atoms with E-state index in [0.29, 0.717) is 24.5 Å². The average Bonchev–Trinajstić information content (AvgIpc) is 3.01. The number of amides is 3. The fourth-order valence-corrected chi connectivity index (χ4v) is 5.17. The molecule has 4 heterocycles. The van der Waals surface area contributed by atoms with Crippen molar-refractivity contribution in [3.8, 4) is 5.75 Å². The summed E-state index contributed by atoms with van der Waals surface area (Å²) in [6.45, 7) is 6.58. The van der Waals surface area contributed by atoms with Crippen LogP contribution in [0.5, 0.6) is 5.75 Å². The lowest BCUT2D eigenvalue weighted by atomic mass is 9.91. The Hall–Kier alpha value is -2.35. The summed E-state index contributed by atoms with van der Waals surface area (Å²) < 4.78 is 6.06. The number of piperidine rings is 1. The number of nitrogens with zero attached hydrogens (tertiary/aromatic N) is 5. The van der Waals surface area contributed by atoms with E-state index in [-0.39, 0.29) is 18.0 Å². The topological polar surface area (TPSA) is 69.2 Å². The fourth-order valence-electron chi connectivity index (χ4n) is 5.17. The van der Waals surface area contributed by atoms with Crippen LogP contribution in [0, 0.1) is 0 Å². The van der Waals surface area contributed by atoms with E-state index in [1.807, 2.05) is 14.7 Å². The van der Waals surface area contributed by atoms with E-state index < -0.39 is 0 Å². The Balaban J connectivity index is 1.09. The maximum atomic E-state index is 12.9. The summed E-state index contributed by atoms with van der Waals surface area (Å²) in [5.41, 5.74) is 0.442. The molecule has 0 spiro atoms. The Morgan fingerprint density at radius 1 is 0.844 bits per heavy atom. The molecule has 32 heavy (non-hydrogen) atoms. The number of ether oxygens (including phenoxy) is 1. The van der Waals surface area contributed by atoms with Gasteiger partial charge in [0.05, 0.1) is 13.1 Å². The molecule has 1 aliphatic carbocycles. The first-order valence-corrected chi connectivity index (χ1v) is 12.4. The first-order valence-electron chi connectivity index (χ1n) is 12.4. The molecule has 0 unspecified atom stereocenters. The maximum Gasteiger partial charge on any atom is 0.320 e. The third kappa shape index (κ3) is 4.70. The molecule has 3 aliphatic heterocycles. The number of rotatable bonds is 4. The third-order valence-electron chi connectivity index (χ3n) is 7.41. The van der Waals surface area contributed by atoms with E-state index in [1.54, 1.807) is 18.3 Å². The third-order valence-corrected chi connectivity index (χ3v) is 7.41. The van der Waals surface area contributed by atoms with Gasteiger partial charge in [0.2, 0.25) is 0 Å². The van der Waals surface area contributed by atoms with Crippen molar-refractivity contribution in [3.63, 3.8) is 0 Å². The number of pyridine rings is 1. The zero-order valence-corrected chi connectivity index (χ0v) is 19.0. The monoisotopic (exact) mass is 441 g/mol. The minimum atomic E-state index is -0.0299. The summed E-state index contributed by atoms with van der Waals surface area (Å²) in [4.78, 5) is 38.2. The van der Waals surface area contributed by atoms with E-state index in [9.17, 15) is 9.59 Å². The number of hydrogen-bond acceptors (Lipinski definition) is 5. The van der Waals surface area contributed by atoms with Crippen LogP contribution in [0.4, 0.5) is 4.79 Å². The molecular formula is C24H35N5O3. The zero-order valence-electron chi connectivity index (χ0n) is 19.0. The molecule has 1 aromatic rings. The predicted molar refractivity (Wildman–Crippen MR) is 121 cm³/mol. The number of hydrogen-bond donors (Lipinski definition) is 0. The SMILES string of the molecule is O=C(c1cc(OC2CN(C(=O)N3CCCN(C4CCC4)CC3)C2)ccn1)N1CCCCC1. The molecule has 3 saturated heterocycles. The molecular weight excluding hydrogens is 406 g/mol. The molecule has 174 valence electrons. The highest BCUT2D eigenvalue weighted by molar-refractivity contribution is 5.92. The Bertz CT molecular complexity index is 818. The highest BCUT2D eigenvalue weighted by Crippen LogP contribution is 2.26. The Labute approximate surface area is 190 Å². The van der Waals surface area contributed by atoms with Gasteiger partial charge in [-0.2, -0.15) is 0 Å². The van der Waals surface area contributed by atoms with Gasteiger partial charge in [-0.15, -0.1) is 0 Å². The lowest BCUT2D eigenvalue weighted by molar-refractivity contribution is 0.0307. The molecule has 0 radical (unpaired) electrons. The van der Waals surface area contributed by atoms with Crippen molar-refractivity contribution in [2.75, 3.05) is 52.4 Å². The van der Waals surface area contributed by atoms with Crippen LogP contribution in [0.15, 0.2) is 18.3 Å². The van der Waals surface area contributed by atoms with Gasteiger partial charge in [-0.3, -0.25) is 14.7 Å². The molecule has 3 amide bonds. The van der Waals surface area contributed by atoms with Crippen LogP contribution in [-0.2, 0) is 0 Å². The van der Waals surface area contributed by atoms with E-state index in [4.69, 9.17) is 4.74 Å². The number of carbonyl (C=O) groups is 2. The van der Waals surface area contributed by atoms with E-state index in [1.165, 1.54) is 25.7 Å². The summed E-state index contributed by atoms with van der Waals surface area (Å²) in [6.07, 6.45) is 9.96. The average molecular weight is 442 g/mol. The van der Waals surface area contributed by atoms with Crippen LogP contribution in [0.25, 0.3) is 0 Å². The molecule has 4 fully saturated rings. The second kappa shape index (κ2) is 9.65. The normalized spacial score (nSPS) is 23.3. The Morgan fingerprint density at radius 3 is 2.38 bits per heavy atom. The molecule has 8 nitrogen and oxygen atoms in total. The summed E-state index contributed by atoms with van der Waals surface area (Å²) in [6, 6.07) is 4.42. The second-order valence-corrected chi connectivity index (χ2v) is 9.62. The lowest BCUT2D eigenvalue weighted by Crippen LogP contribution is -2.60. The lowest BCUT2D eigenvalue weighted by Gasteiger charge is -2.41. The minimum Gasteiger partial charge on any atom is -0.487 e. The number of urea groups is 1. The van der Waals surface area contributed by atoms with E-state index in [0.717, 1.165) is 64.6 Å². The van der Waals surface area contributed by atoms with E-state index in [2.05, 4.69) is 9.88 Å². The standard InChI is InChI=1S/C24H35N5O3/c30-23(27-10-2-1-3-11-27)22-16-20(8-9-25-22)32-21-17-29(18-21)24(31)28-13-5-12-26(14-15-28)19-6-4-7-19/h8-9,16,19,21H,1-7,10-15,17-18H2. The highest BCUT2D eigenvalue weighted by Gasteiger charge is 2.36. The van der Waals surface area contributed by atoms with Crippen LogP contribution in [0.2, 0.25) is 0 Å².